The van der Waals surface area contributed by atoms with Gasteiger partial charge in [-0.05, 0) is 24.2 Å². The van der Waals surface area contributed by atoms with Gasteiger partial charge in [0.05, 0.1) is 0 Å². The molecule has 3 nitrogen and oxygen atoms in total. The minimum Gasteiger partial charge on any atom is -0.398 e. The van der Waals surface area contributed by atoms with Crippen molar-refractivity contribution >= 4 is 19.9 Å². The first-order valence-electron chi connectivity index (χ1n) is 7.87. The molecule has 0 fully saturated rings. The Morgan fingerprint density at radius 1 is 1.32 bits per heavy atom. The van der Waals surface area contributed by atoms with Crippen LogP contribution < -0.4 is 5.32 Å². The second kappa shape index (κ2) is 5.60. The molecule has 0 radical (unpaired) electrons. The molecule has 22 heavy (non-hydrogen) atoms. The van der Waals surface area contributed by atoms with Crippen molar-refractivity contribution in [1.29, 1.82) is 0 Å². The van der Waals surface area contributed by atoms with Crippen molar-refractivity contribution in [3.8, 4) is 0 Å². The fraction of sp³-hybridized carbons (Fsp3) is 0.647. The minimum atomic E-state index is -1.97. The lowest BCUT2D eigenvalue weighted by Crippen LogP contribution is -2.48. The molecule has 1 aromatic rings. The summed E-state index contributed by atoms with van der Waals surface area (Å²) in [4.78, 5) is 0. The molecule has 1 aliphatic rings. The van der Waals surface area contributed by atoms with Crippen LogP contribution >= 0.6 is 11.6 Å². The van der Waals surface area contributed by atoms with Crippen molar-refractivity contribution in [3.63, 3.8) is 0 Å². The minimum absolute atomic E-state index is 0.0147. The van der Waals surface area contributed by atoms with E-state index in [9.17, 15) is 5.11 Å². The summed E-state index contributed by atoms with van der Waals surface area (Å²) < 4.78 is 6.50. The number of aliphatic hydroxyl groups is 1. The van der Waals surface area contributed by atoms with E-state index in [2.05, 4.69) is 39.2 Å². The van der Waals surface area contributed by atoms with Gasteiger partial charge in [-0.3, -0.25) is 5.32 Å². The normalized spacial score (nSPS) is 25.6. The molecule has 0 saturated carbocycles. The van der Waals surface area contributed by atoms with E-state index in [1.54, 1.807) is 0 Å². The Labute approximate surface area is 140 Å². The maximum absolute atomic E-state index is 11.1. The van der Waals surface area contributed by atoms with Crippen molar-refractivity contribution in [2.75, 3.05) is 0 Å². The standard InChI is InChI=1S/C17H28ClNO2Si/c1-11(2)17(20)14-12(9-8-10-13(14)18)15(19-17)21-22(6,7)16(3,4)5/h8-11,15,19-20H,1-7H3. The van der Waals surface area contributed by atoms with Gasteiger partial charge in [-0.25, -0.2) is 0 Å². The number of hydrogen-bond acceptors (Lipinski definition) is 3. The highest BCUT2D eigenvalue weighted by molar-refractivity contribution is 6.74. The monoisotopic (exact) mass is 341 g/mol. The third-order valence-electron chi connectivity index (χ3n) is 5.11. The molecule has 0 bridgehead atoms. The molecule has 0 spiro atoms. The number of fused-ring (bicyclic) bond motifs is 1. The summed E-state index contributed by atoms with van der Waals surface area (Å²) >= 11 is 6.38. The van der Waals surface area contributed by atoms with E-state index in [0.29, 0.717) is 5.02 Å². The molecule has 2 atom stereocenters. The van der Waals surface area contributed by atoms with Gasteiger partial charge in [0.15, 0.2) is 8.32 Å². The summed E-state index contributed by atoms with van der Waals surface area (Å²) in [6.07, 6.45) is -0.318. The Balaban J connectivity index is 2.45. The van der Waals surface area contributed by atoms with Crippen molar-refractivity contribution < 1.29 is 9.53 Å². The zero-order valence-electron chi connectivity index (χ0n) is 14.6. The number of rotatable bonds is 3. The SMILES string of the molecule is CC(C)C1(O)NC(O[Si](C)(C)C(C)(C)C)c2cccc(Cl)c21. The van der Waals surface area contributed by atoms with Crippen molar-refractivity contribution in [2.45, 2.75) is 64.7 Å². The average molecular weight is 342 g/mol. The molecule has 0 aliphatic carbocycles. The molecule has 1 heterocycles. The third kappa shape index (κ3) is 2.87. The zero-order chi connectivity index (χ0) is 16.9. The molecule has 0 amide bonds. The van der Waals surface area contributed by atoms with E-state index in [1.807, 2.05) is 32.0 Å². The van der Waals surface area contributed by atoms with Crippen LogP contribution in [0.1, 0.15) is 52.0 Å². The van der Waals surface area contributed by atoms with Crippen molar-refractivity contribution in [3.05, 3.63) is 34.3 Å². The smallest absolute Gasteiger partial charge is 0.194 e. The van der Waals surface area contributed by atoms with Gasteiger partial charge in [0, 0.05) is 22.1 Å². The first kappa shape index (κ1) is 18.0. The van der Waals surface area contributed by atoms with Gasteiger partial charge in [-0.2, -0.15) is 0 Å². The highest BCUT2D eigenvalue weighted by atomic mass is 35.5. The molecular weight excluding hydrogens is 314 g/mol. The lowest BCUT2D eigenvalue weighted by atomic mass is 9.92. The lowest BCUT2D eigenvalue weighted by molar-refractivity contribution is -0.0632. The van der Waals surface area contributed by atoms with Crippen LogP contribution in [-0.4, -0.2) is 13.4 Å². The van der Waals surface area contributed by atoms with E-state index >= 15 is 0 Å². The van der Waals surface area contributed by atoms with Crippen LogP contribution in [-0.2, 0) is 10.2 Å². The second-order valence-corrected chi connectivity index (χ2v) is 13.2. The summed E-state index contributed by atoms with van der Waals surface area (Å²) in [5.41, 5.74) is 0.560. The van der Waals surface area contributed by atoms with Crippen LogP contribution in [0.4, 0.5) is 0 Å². The van der Waals surface area contributed by atoms with Crippen LogP contribution in [0.15, 0.2) is 18.2 Å². The maximum atomic E-state index is 11.1. The van der Waals surface area contributed by atoms with Gasteiger partial charge in [-0.1, -0.05) is 58.4 Å². The molecular formula is C17H28ClNO2Si. The van der Waals surface area contributed by atoms with Crippen LogP contribution in [0, 0.1) is 5.92 Å². The largest absolute Gasteiger partial charge is 0.398 e. The van der Waals surface area contributed by atoms with Crippen LogP contribution in [0.2, 0.25) is 23.2 Å². The number of benzene rings is 1. The summed E-state index contributed by atoms with van der Waals surface area (Å²) in [5, 5.41) is 15.1. The van der Waals surface area contributed by atoms with E-state index in [-0.39, 0.29) is 17.2 Å². The van der Waals surface area contributed by atoms with Gasteiger partial charge in [0.1, 0.15) is 12.0 Å². The van der Waals surface area contributed by atoms with E-state index in [0.717, 1.165) is 11.1 Å². The predicted molar refractivity (Wildman–Crippen MR) is 94.3 cm³/mol. The Kier molecular flexibility index (Phi) is 4.57. The highest BCUT2D eigenvalue weighted by Crippen LogP contribution is 2.47. The fourth-order valence-corrected chi connectivity index (χ4v) is 3.99. The van der Waals surface area contributed by atoms with Gasteiger partial charge in [0.25, 0.3) is 0 Å². The summed E-state index contributed by atoms with van der Waals surface area (Å²) in [7, 11) is -1.97. The molecule has 0 saturated heterocycles. The van der Waals surface area contributed by atoms with Crippen LogP contribution in [0.3, 0.4) is 0 Å². The van der Waals surface area contributed by atoms with E-state index in [4.69, 9.17) is 16.0 Å². The van der Waals surface area contributed by atoms with Gasteiger partial charge < -0.3 is 9.53 Å². The van der Waals surface area contributed by atoms with Crippen LogP contribution in [0.25, 0.3) is 0 Å². The molecule has 2 rings (SSSR count). The molecule has 124 valence electrons. The Hall–Kier alpha value is -0.393. The average Bonchev–Trinajstić information content (AvgIpc) is 2.63. The molecule has 0 aromatic heterocycles. The summed E-state index contributed by atoms with van der Waals surface area (Å²) in [6, 6.07) is 5.73. The van der Waals surface area contributed by atoms with Crippen LogP contribution in [0.5, 0.6) is 0 Å². The van der Waals surface area contributed by atoms with E-state index in [1.165, 1.54) is 0 Å². The second-order valence-electron chi connectivity index (χ2n) is 8.03. The lowest BCUT2D eigenvalue weighted by Gasteiger charge is -2.39. The predicted octanol–water partition coefficient (Wildman–Crippen LogP) is 4.76. The topological polar surface area (TPSA) is 41.5 Å². The number of nitrogens with one attached hydrogen (secondary N) is 1. The number of halogens is 1. The van der Waals surface area contributed by atoms with E-state index < -0.39 is 14.0 Å². The molecule has 2 unspecified atom stereocenters. The Bertz CT molecular complexity index is 568. The first-order valence-corrected chi connectivity index (χ1v) is 11.2. The summed E-state index contributed by atoms with van der Waals surface area (Å²) in [6.45, 7) is 15.0. The Morgan fingerprint density at radius 2 is 1.91 bits per heavy atom. The van der Waals surface area contributed by atoms with Crippen molar-refractivity contribution in [2.24, 2.45) is 5.92 Å². The maximum Gasteiger partial charge on any atom is 0.194 e. The quantitative estimate of drug-likeness (QED) is 0.778. The molecule has 5 heteroatoms. The van der Waals surface area contributed by atoms with Gasteiger partial charge >= 0.3 is 0 Å². The van der Waals surface area contributed by atoms with Gasteiger partial charge in [-0.15, -0.1) is 0 Å². The van der Waals surface area contributed by atoms with Gasteiger partial charge in [0.2, 0.25) is 0 Å². The zero-order valence-corrected chi connectivity index (χ0v) is 16.4. The number of hydrogen-bond donors (Lipinski definition) is 2. The molecule has 1 aromatic carbocycles. The Morgan fingerprint density at radius 3 is 2.41 bits per heavy atom. The molecule has 2 N–H and O–H groups in total. The fourth-order valence-electron chi connectivity index (χ4n) is 2.53. The van der Waals surface area contributed by atoms with Crippen molar-refractivity contribution in [1.82, 2.24) is 5.32 Å². The first-order chi connectivity index (χ1) is 9.90. The third-order valence-corrected chi connectivity index (χ3v) is 9.87. The highest BCUT2D eigenvalue weighted by Gasteiger charge is 2.49. The summed E-state index contributed by atoms with van der Waals surface area (Å²) in [5.74, 6) is -0.0147. The molecule has 1 aliphatic heterocycles.